The molecule has 1 amide bonds. The SMILES string of the molecule is CC(=O)[C@H](C(=O)N(C)C)n1cnc2c(cnn2-c2cccc(Cl)c2)c1=O. The van der Waals surface area contributed by atoms with Gasteiger partial charge in [-0.3, -0.25) is 19.0 Å². The van der Waals surface area contributed by atoms with E-state index in [1.54, 1.807) is 24.3 Å². The molecule has 2 aromatic heterocycles. The van der Waals surface area contributed by atoms with Crippen molar-refractivity contribution in [2.45, 2.75) is 13.0 Å². The lowest BCUT2D eigenvalue weighted by Crippen LogP contribution is -2.40. The van der Waals surface area contributed by atoms with Crippen LogP contribution in [-0.4, -0.2) is 50.0 Å². The zero-order valence-electron chi connectivity index (χ0n) is 14.4. The van der Waals surface area contributed by atoms with E-state index in [0.717, 1.165) is 4.57 Å². The first kappa shape index (κ1) is 17.8. The largest absolute Gasteiger partial charge is 0.347 e. The maximum atomic E-state index is 12.8. The molecule has 0 fully saturated rings. The molecule has 3 rings (SSSR count). The van der Waals surface area contributed by atoms with Crippen LogP contribution in [0.4, 0.5) is 0 Å². The molecule has 0 saturated heterocycles. The van der Waals surface area contributed by atoms with Crippen molar-refractivity contribution in [1.29, 1.82) is 0 Å². The molecular formula is C17H16ClN5O3. The highest BCUT2D eigenvalue weighted by atomic mass is 35.5. The van der Waals surface area contributed by atoms with Crippen molar-refractivity contribution in [3.8, 4) is 5.69 Å². The van der Waals surface area contributed by atoms with Crippen LogP contribution in [0.3, 0.4) is 0 Å². The molecule has 3 aromatic rings. The molecule has 0 aliphatic carbocycles. The van der Waals surface area contributed by atoms with Crippen molar-refractivity contribution in [2.75, 3.05) is 14.1 Å². The fraction of sp³-hybridized carbons (Fsp3) is 0.235. The molecule has 0 aliphatic heterocycles. The minimum Gasteiger partial charge on any atom is -0.347 e. The average molecular weight is 374 g/mol. The zero-order valence-corrected chi connectivity index (χ0v) is 15.1. The van der Waals surface area contributed by atoms with Crippen LogP contribution in [0.5, 0.6) is 0 Å². The Kier molecular flexibility index (Phi) is 4.60. The Hall–Kier alpha value is -3.00. The number of ketones is 1. The van der Waals surface area contributed by atoms with Crippen LogP contribution in [0, 0.1) is 0 Å². The first-order chi connectivity index (χ1) is 12.3. The van der Waals surface area contributed by atoms with Crippen molar-refractivity contribution in [1.82, 2.24) is 24.2 Å². The van der Waals surface area contributed by atoms with E-state index >= 15 is 0 Å². The fourth-order valence-corrected chi connectivity index (χ4v) is 2.82. The second-order valence-corrected chi connectivity index (χ2v) is 6.41. The van der Waals surface area contributed by atoms with Gasteiger partial charge in [-0.05, 0) is 25.1 Å². The lowest BCUT2D eigenvalue weighted by molar-refractivity contribution is -0.137. The lowest BCUT2D eigenvalue weighted by Gasteiger charge is -2.20. The molecule has 0 unspecified atom stereocenters. The van der Waals surface area contributed by atoms with E-state index in [1.807, 2.05) is 0 Å². The van der Waals surface area contributed by atoms with Crippen molar-refractivity contribution in [3.63, 3.8) is 0 Å². The molecule has 134 valence electrons. The number of carbonyl (C=O) groups excluding carboxylic acids is 2. The second kappa shape index (κ2) is 6.72. The molecule has 0 spiro atoms. The molecule has 9 heteroatoms. The monoisotopic (exact) mass is 373 g/mol. The van der Waals surface area contributed by atoms with Gasteiger partial charge in [0.2, 0.25) is 0 Å². The number of carbonyl (C=O) groups is 2. The van der Waals surface area contributed by atoms with E-state index in [1.165, 1.54) is 43.1 Å². The number of Topliss-reactive ketones (excluding diaryl/α,β-unsaturated/α-hetero) is 1. The van der Waals surface area contributed by atoms with Gasteiger partial charge >= 0.3 is 0 Å². The standard InChI is InChI=1S/C17H16ClN5O3/c1-10(24)14(17(26)21(2)3)22-9-19-15-13(16(22)25)8-20-23(15)12-6-4-5-11(18)7-12/h4-9,14H,1-3H3/t14-/m1/s1. The van der Waals surface area contributed by atoms with Crippen molar-refractivity contribution in [3.05, 3.63) is 52.2 Å². The number of fused-ring (bicyclic) bond motifs is 1. The smallest absolute Gasteiger partial charge is 0.265 e. The predicted octanol–water partition coefficient (Wildman–Crippen LogP) is 1.45. The number of hydrogen-bond donors (Lipinski definition) is 0. The van der Waals surface area contributed by atoms with E-state index in [9.17, 15) is 14.4 Å². The van der Waals surface area contributed by atoms with Gasteiger partial charge in [0.15, 0.2) is 17.5 Å². The van der Waals surface area contributed by atoms with Gasteiger partial charge in [0.25, 0.3) is 11.5 Å². The summed E-state index contributed by atoms with van der Waals surface area (Å²) in [5.41, 5.74) is 0.441. The van der Waals surface area contributed by atoms with Crippen LogP contribution < -0.4 is 5.56 Å². The van der Waals surface area contributed by atoms with Crippen molar-refractivity contribution < 1.29 is 9.59 Å². The molecular weight excluding hydrogens is 358 g/mol. The summed E-state index contributed by atoms with van der Waals surface area (Å²) in [4.78, 5) is 42.6. The summed E-state index contributed by atoms with van der Waals surface area (Å²) in [6, 6.07) is 5.69. The Labute approximate surface area is 153 Å². The number of hydrogen-bond acceptors (Lipinski definition) is 5. The van der Waals surface area contributed by atoms with E-state index in [2.05, 4.69) is 10.1 Å². The molecule has 0 N–H and O–H groups in total. The summed E-state index contributed by atoms with van der Waals surface area (Å²) >= 11 is 6.00. The maximum absolute atomic E-state index is 12.8. The maximum Gasteiger partial charge on any atom is 0.265 e. The van der Waals surface area contributed by atoms with Crippen molar-refractivity contribution >= 4 is 34.3 Å². The highest BCUT2D eigenvalue weighted by Crippen LogP contribution is 2.18. The van der Waals surface area contributed by atoms with Gasteiger partial charge in [0.05, 0.1) is 11.9 Å². The van der Waals surface area contributed by atoms with Crippen LogP contribution in [0.15, 0.2) is 41.6 Å². The van der Waals surface area contributed by atoms with Gasteiger partial charge in [0, 0.05) is 19.1 Å². The molecule has 0 bridgehead atoms. The molecule has 26 heavy (non-hydrogen) atoms. The topological polar surface area (TPSA) is 90.1 Å². The quantitative estimate of drug-likeness (QED) is 0.646. The predicted molar refractivity (Wildman–Crippen MR) is 96.5 cm³/mol. The fourth-order valence-electron chi connectivity index (χ4n) is 2.64. The zero-order chi connectivity index (χ0) is 19.0. The Morgan fingerprint density at radius 1 is 1.27 bits per heavy atom. The average Bonchev–Trinajstić information content (AvgIpc) is 3.01. The molecule has 0 aliphatic rings. The second-order valence-electron chi connectivity index (χ2n) is 5.98. The molecule has 8 nitrogen and oxygen atoms in total. The van der Waals surface area contributed by atoms with Crippen LogP contribution in [0.2, 0.25) is 5.02 Å². The summed E-state index contributed by atoms with van der Waals surface area (Å²) in [6.45, 7) is 1.26. The minimum atomic E-state index is -1.26. The van der Waals surface area contributed by atoms with E-state index in [0.29, 0.717) is 16.4 Å². The Morgan fingerprint density at radius 3 is 2.62 bits per heavy atom. The van der Waals surface area contributed by atoms with Gasteiger partial charge in [-0.15, -0.1) is 0 Å². The summed E-state index contributed by atoms with van der Waals surface area (Å²) in [6.07, 6.45) is 2.56. The van der Waals surface area contributed by atoms with Gasteiger partial charge in [0.1, 0.15) is 11.7 Å². The van der Waals surface area contributed by atoms with Crippen LogP contribution in [-0.2, 0) is 9.59 Å². The Balaban J connectivity index is 2.18. The molecule has 1 aromatic carbocycles. The third kappa shape index (κ3) is 2.99. The number of likely N-dealkylation sites (N-methyl/N-ethyl adjacent to an activating group) is 1. The molecule has 2 heterocycles. The van der Waals surface area contributed by atoms with Crippen LogP contribution in [0.1, 0.15) is 13.0 Å². The van der Waals surface area contributed by atoms with Gasteiger partial charge in [-0.1, -0.05) is 17.7 Å². The number of rotatable bonds is 4. The molecule has 0 radical (unpaired) electrons. The third-order valence-electron chi connectivity index (χ3n) is 3.90. The van der Waals surface area contributed by atoms with E-state index in [4.69, 9.17) is 11.6 Å². The number of aromatic nitrogens is 4. The summed E-state index contributed by atoms with van der Waals surface area (Å²) in [5, 5.41) is 4.92. The Morgan fingerprint density at radius 2 is 2.00 bits per heavy atom. The van der Waals surface area contributed by atoms with Crippen LogP contribution >= 0.6 is 11.6 Å². The molecule has 1 atom stereocenters. The van der Waals surface area contributed by atoms with Crippen LogP contribution in [0.25, 0.3) is 16.7 Å². The number of nitrogens with zero attached hydrogens (tertiary/aromatic N) is 5. The van der Waals surface area contributed by atoms with Crippen molar-refractivity contribution in [2.24, 2.45) is 0 Å². The normalized spacial score (nSPS) is 12.2. The molecule has 0 saturated carbocycles. The summed E-state index contributed by atoms with van der Waals surface area (Å²) in [7, 11) is 3.04. The van der Waals surface area contributed by atoms with E-state index < -0.39 is 23.3 Å². The first-order valence-corrected chi connectivity index (χ1v) is 8.11. The summed E-state index contributed by atoms with van der Waals surface area (Å²) in [5.74, 6) is -0.947. The van der Waals surface area contributed by atoms with E-state index in [-0.39, 0.29) is 5.39 Å². The highest BCUT2D eigenvalue weighted by molar-refractivity contribution is 6.30. The van der Waals surface area contributed by atoms with Gasteiger partial charge in [-0.25, -0.2) is 9.67 Å². The number of halogens is 1. The number of benzene rings is 1. The summed E-state index contributed by atoms with van der Waals surface area (Å²) < 4.78 is 2.51. The lowest BCUT2D eigenvalue weighted by atomic mass is 10.1. The highest BCUT2D eigenvalue weighted by Gasteiger charge is 2.29. The third-order valence-corrected chi connectivity index (χ3v) is 4.14. The first-order valence-electron chi connectivity index (χ1n) is 7.73. The van der Waals surface area contributed by atoms with Gasteiger partial charge in [-0.2, -0.15) is 5.10 Å². The van der Waals surface area contributed by atoms with Gasteiger partial charge < -0.3 is 4.90 Å². The number of amides is 1. The Bertz CT molecular complexity index is 1070. The minimum absolute atomic E-state index is 0.199.